The van der Waals surface area contributed by atoms with Gasteiger partial charge in [0, 0.05) is 29.9 Å². The van der Waals surface area contributed by atoms with Gasteiger partial charge >= 0.3 is 7.82 Å². The van der Waals surface area contributed by atoms with Gasteiger partial charge in [0.05, 0.1) is 13.2 Å². The van der Waals surface area contributed by atoms with Crippen LogP contribution in [0.1, 0.15) is 87.8 Å². The summed E-state index contributed by atoms with van der Waals surface area (Å²) in [5, 5.41) is 0. The standard InChI is InChI=1S/C36H52NO7P/c1-5-6-7-8-9-10-11-12-13-14-24-41-35-21-16-22-36(31(35)3)42-28-34(40-4)29-43-45(38,39)44-33-20-15-19-32(25-33)27-37-23-17-18-30(2)26-37/h15-23,25-26,34H,5-14,24,27-29H2,1-4H3/p+1. The molecule has 1 aromatic heterocycles. The molecule has 0 radical (unpaired) electrons. The van der Waals surface area contributed by atoms with E-state index in [2.05, 4.69) is 6.92 Å². The quantitative estimate of drug-likeness (QED) is 0.0630. The van der Waals surface area contributed by atoms with Crippen LogP contribution < -0.4 is 18.6 Å². The number of rotatable bonds is 23. The lowest BCUT2D eigenvalue weighted by Gasteiger charge is -2.20. The lowest BCUT2D eigenvalue weighted by atomic mass is 10.1. The van der Waals surface area contributed by atoms with Crippen molar-refractivity contribution < 1.29 is 37.3 Å². The molecule has 3 rings (SSSR count). The molecule has 45 heavy (non-hydrogen) atoms. The van der Waals surface area contributed by atoms with E-state index in [1.165, 1.54) is 64.9 Å². The minimum absolute atomic E-state index is 0.127. The molecule has 248 valence electrons. The summed E-state index contributed by atoms with van der Waals surface area (Å²) >= 11 is 0. The van der Waals surface area contributed by atoms with Crippen molar-refractivity contribution in [2.45, 2.75) is 97.6 Å². The molecule has 0 saturated heterocycles. The van der Waals surface area contributed by atoms with Crippen molar-refractivity contribution in [1.82, 2.24) is 0 Å². The second-order valence-corrected chi connectivity index (χ2v) is 13.0. The SMILES string of the molecule is CCCCCCCCCCCCOc1cccc(OCC(COP(=O)(O)Oc2cccc(C[n+]3cccc(C)c3)c2)OC)c1C. The number of pyridine rings is 1. The average molecular weight is 643 g/mol. The Hall–Kier alpha value is -2.90. The summed E-state index contributed by atoms with van der Waals surface area (Å²) in [4.78, 5) is 10.4. The number of unbranched alkanes of at least 4 members (excludes halogenated alkanes) is 9. The topological polar surface area (TPSA) is 87.3 Å². The Kier molecular flexibility index (Phi) is 16.5. The number of nitrogens with zero attached hydrogens (tertiary/aromatic N) is 1. The normalized spacial score (nSPS) is 13.3. The number of phosphoric acid groups is 1. The molecular weight excluding hydrogens is 589 g/mol. The molecule has 0 saturated carbocycles. The highest BCUT2D eigenvalue weighted by molar-refractivity contribution is 7.47. The highest BCUT2D eigenvalue weighted by Crippen LogP contribution is 2.44. The summed E-state index contributed by atoms with van der Waals surface area (Å²) in [5.74, 6) is 1.72. The smallest absolute Gasteiger partial charge is 0.493 e. The molecule has 0 aliphatic carbocycles. The van der Waals surface area contributed by atoms with Crippen LogP contribution in [-0.4, -0.2) is 37.9 Å². The van der Waals surface area contributed by atoms with Gasteiger partial charge in [-0.3, -0.25) is 9.42 Å². The van der Waals surface area contributed by atoms with E-state index in [0.29, 0.717) is 18.9 Å². The van der Waals surface area contributed by atoms with Crippen molar-refractivity contribution >= 4 is 7.82 Å². The van der Waals surface area contributed by atoms with E-state index in [-0.39, 0.29) is 19.0 Å². The van der Waals surface area contributed by atoms with Crippen LogP contribution in [0, 0.1) is 13.8 Å². The first-order valence-corrected chi connectivity index (χ1v) is 17.9. The molecule has 1 heterocycles. The maximum absolute atomic E-state index is 12.7. The summed E-state index contributed by atoms with van der Waals surface area (Å²) in [6.45, 7) is 7.47. The maximum Gasteiger partial charge on any atom is 0.527 e. The van der Waals surface area contributed by atoms with Gasteiger partial charge in [0.25, 0.3) is 0 Å². The predicted octanol–water partition coefficient (Wildman–Crippen LogP) is 8.53. The van der Waals surface area contributed by atoms with Gasteiger partial charge in [-0.1, -0.05) is 82.9 Å². The Bertz CT molecular complexity index is 1320. The maximum atomic E-state index is 12.7. The molecular formula is C36H53NO7P+. The van der Waals surface area contributed by atoms with Gasteiger partial charge in [0.15, 0.2) is 18.9 Å². The van der Waals surface area contributed by atoms with Crippen LogP contribution >= 0.6 is 7.82 Å². The lowest BCUT2D eigenvalue weighted by molar-refractivity contribution is -0.688. The number of ether oxygens (including phenoxy) is 3. The molecule has 1 N–H and O–H groups in total. The molecule has 2 unspecified atom stereocenters. The van der Waals surface area contributed by atoms with E-state index < -0.39 is 13.9 Å². The summed E-state index contributed by atoms with van der Waals surface area (Å²) in [6.07, 6.45) is 16.3. The number of hydrogen-bond donors (Lipinski definition) is 1. The van der Waals surface area contributed by atoms with Crippen molar-refractivity contribution in [2.75, 3.05) is 26.9 Å². The van der Waals surface area contributed by atoms with Crippen LogP contribution in [0.4, 0.5) is 0 Å². The fraction of sp³-hybridized carbons (Fsp3) is 0.528. The minimum Gasteiger partial charge on any atom is -0.493 e. The molecule has 2 aromatic carbocycles. The third-order valence-electron chi connectivity index (χ3n) is 7.66. The van der Waals surface area contributed by atoms with Crippen LogP contribution in [0.5, 0.6) is 17.2 Å². The van der Waals surface area contributed by atoms with Crippen LogP contribution in [0.3, 0.4) is 0 Å². The molecule has 0 spiro atoms. The fourth-order valence-electron chi connectivity index (χ4n) is 5.05. The molecule has 0 aliphatic rings. The van der Waals surface area contributed by atoms with Gasteiger partial charge in [0.1, 0.15) is 30.0 Å². The van der Waals surface area contributed by atoms with Crippen molar-refractivity contribution in [3.8, 4) is 17.2 Å². The van der Waals surface area contributed by atoms with E-state index in [9.17, 15) is 9.46 Å². The largest absolute Gasteiger partial charge is 0.527 e. The fourth-order valence-corrected chi connectivity index (χ4v) is 5.83. The van der Waals surface area contributed by atoms with Crippen LogP contribution in [0.15, 0.2) is 67.0 Å². The van der Waals surface area contributed by atoms with Gasteiger partial charge < -0.3 is 18.7 Å². The van der Waals surface area contributed by atoms with E-state index in [4.69, 9.17) is 23.3 Å². The molecule has 0 fully saturated rings. The predicted molar refractivity (Wildman–Crippen MR) is 178 cm³/mol. The van der Waals surface area contributed by atoms with E-state index >= 15 is 0 Å². The third-order valence-corrected chi connectivity index (χ3v) is 8.58. The Morgan fingerprint density at radius 2 is 1.49 bits per heavy atom. The highest BCUT2D eigenvalue weighted by Gasteiger charge is 2.26. The Morgan fingerprint density at radius 3 is 2.18 bits per heavy atom. The zero-order chi connectivity index (χ0) is 32.3. The first-order valence-electron chi connectivity index (χ1n) is 16.4. The molecule has 3 aromatic rings. The van der Waals surface area contributed by atoms with Crippen molar-refractivity contribution in [1.29, 1.82) is 0 Å². The number of methoxy groups -OCH3 is 1. The number of phosphoric ester groups is 1. The van der Waals surface area contributed by atoms with E-state index in [0.717, 1.165) is 28.9 Å². The summed E-state index contributed by atoms with van der Waals surface area (Å²) in [5.41, 5.74) is 2.97. The van der Waals surface area contributed by atoms with Crippen molar-refractivity contribution in [3.05, 3.63) is 83.7 Å². The lowest BCUT2D eigenvalue weighted by Crippen LogP contribution is -2.33. The van der Waals surface area contributed by atoms with Gasteiger partial charge in [-0.25, -0.2) is 9.13 Å². The van der Waals surface area contributed by atoms with Crippen LogP contribution in [0.2, 0.25) is 0 Å². The summed E-state index contributed by atoms with van der Waals surface area (Å²) in [6, 6.07) is 16.8. The van der Waals surface area contributed by atoms with Gasteiger partial charge in [-0.05, 0) is 50.6 Å². The second kappa shape index (κ2) is 20.3. The number of benzene rings is 2. The van der Waals surface area contributed by atoms with Gasteiger partial charge in [-0.2, -0.15) is 0 Å². The monoisotopic (exact) mass is 642 g/mol. The Morgan fingerprint density at radius 1 is 0.822 bits per heavy atom. The Labute approximate surface area is 270 Å². The zero-order valence-electron chi connectivity index (χ0n) is 27.6. The number of hydrogen-bond acceptors (Lipinski definition) is 6. The van der Waals surface area contributed by atoms with Gasteiger partial charge in [0.2, 0.25) is 0 Å². The summed E-state index contributed by atoms with van der Waals surface area (Å²) in [7, 11) is -2.89. The molecule has 0 bridgehead atoms. The first-order chi connectivity index (χ1) is 21.8. The van der Waals surface area contributed by atoms with E-state index in [1.54, 1.807) is 18.2 Å². The molecule has 0 aliphatic heterocycles. The molecule has 8 nitrogen and oxygen atoms in total. The van der Waals surface area contributed by atoms with Gasteiger partial charge in [-0.15, -0.1) is 0 Å². The van der Waals surface area contributed by atoms with Crippen LogP contribution in [-0.2, 0) is 20.4 Å². The summed E-state index contributed by atoms with van der Waals surface area (Å²) < 4.78 is 42.9. The Balaban J connectivity index is 1.39. The number of aromatic nitrogens is 1. The van der Waals surface area contributed by atoms with Crippen molar-refractivity contribution in [3.63, 3.8) is 0 Å². The molecule has 2 atom stereocenters. The van der Waals surface area contributed by atoms with E-state index in [1.807, 2.05) is 67.2 Å². The minimum atomic E-state index is -4.40. The molecule has 0 amide bonds. The average Bonchev–Trinajstić information content (AvgIpc) is 3.01. The van der Waals surface area contributed by atoms with Crippen molar-refractivity contribution in [2.24, 2.45) is 0 Å². The zero-order valence-corrected chi connectivity index (χ0v) is 28.5. The first kappa shape index (κ1) is 36.6. The second-order valence-electron chi connectivity index (χ2n) is 11.6. The highest BCUT2D eigenvalue weighted by atomic mass is 31.2. The van der Waals surface area contributed by atoms with Crippen LogP contribution in [0.25, 0.3) is 0 Å². The number of aryl methyl sites for hydroxylation is 1. The molecule has 9 heteroatoms. The third kappa shape index (κ3) is 14.4.